The summed E-state index contributed by atoms with van der Waals surface area (Å²) in [5.41, 5.74) is 1.80. The molecule has 0 spiro atoms. The highest BCUT2D eigenvalue weighted by Gasteiger charge is 2.05. The number of carbonyl (C=O) groups is 1. The Labute approximate surface area is 152 Å². The molecular weight excluding hydrogens is 347 g/mol. The van der Waals surface area contributed by atoms with Crippen LogP contribution in [0.4, 0.5) is 5.69 Å². The van der Waals surface area contributed by atoms with E-state index in [0.29, 0.717) is 29.6 Å². The van der Waals surface area contributed by atoms with E-state index in [-0.39, 0.29) is 5.91 Å². The third-order valence-electron chi connectivity index (χ3n) is 3.50. The molecule has 0 fully saturated rings. The molecule has 2 rings (SSSR count). The zero-order chi connectivity index (χ0) is 17.4. The molecule has 1 amide bonds. The van der Waals surface area contributed by atoms with E-state index in [1.165, 1.54) is 0 Å². The largest absolute Gasteiger partial charge is 0.496 e. The van der Waals surface area contributed by atoms with Crippen molar-refractivity contribution in [3.8, 4) is 5.75 Å². The first-order chi connectivity index (χ1) is 11.6. The summed E-state index contributed by atoms with van der Waals surface area (Å²) in [6.07, 6.45) is 1.08. The van der Waals surface area contributed by atoms with Crippen molar-refractivity contribution in [1.29, 1.82) is 0 Å². The molecule has 0 unspecified atom stereocenters. The van der Waals surface area contributed by atoms with Crippen LogP contribution in [0.3, 0.4) is 0 Å². The van der Waals surface area contributed by atoms with Gasteiger partial charge >= 0.3 is 0 Å². The lowest BCUT2D eigenvalue weighted by atomic mass is 10.1. The lowest BCUT2D eigenvalue weighted by Crippen LogP contribution is -2.27. The van der Waals surface area contributed by atoms with E-state index in [0.717, 1.165) is 23.4 Å². The zero-order valence-corrected chi connectivity index (χ0v) is 15.0. The smallest absolute Gasteiger partial charge is 0.221 e. The quantitative estimate of drug-likeness (QED) is 0.737. The summed E-state index contributed by atoms with van der Waals surface area (Å²) in [5, 5.41) is 7.19. The van der Waals surface area contributed by atoms with Crippen molar-refractivity contribution >= 4 is 34.8 Å². The standard InChI is InChI=1S/C18H20Cl2N2O2/c1-24-17-5-3-2-4-13(17)8-10-22-18(23)9-11-21-16-12-14(19)6-7-15(16)20/h2-7,12,21H,8-11H2,1H3,(H,22,23). The van der Waals surface area contributed by atoms with Crippen molar-refractivity contribution in [3.63, 3.8) is 0 Å². The Morgan fingerprint density at radius 2 is 1.92 bits per heavy atom. The maximum absolute atomic E-state index is 11.9. The zero-order valence-electron chi connectivity index (χ0n) is 13.4. The normalized spacial score (nSPS) is 10.3. The van der Waals surface area contributed by atoms with Crippen molar-refractivity contribution in [2.45, 2.75) is 12.8 Å². The fourth-order valence-electron chi connectivity index (χ4n) is 2.28. The number of carbonyl (C=O) groups excluding carboxylic acids is 1. The van der Waals surface area contributed by atoms with Gasteiger partial charge in [-0.1, -0.05) is 41.4 Å². The summed E-state index contributed by atoms with van der Waals surface area (Å²) in [6, 6.07) is 13.0. The number of hydrogen-bond donors (Lipinski definition) is 2. The van der Waals surface area contributed by atoms with Crippen molar-refractivity contribution in [2.75, 3.05) is 25.5 Å². The second kappa shape index (κ2) is 9.40. The van der Waals surface area contributed by atoms with E-state index < -0.39 is 0 Å². The maximum Gasteiger partial charge on any atom is 0.221 e. The first kappa shape index (κ1) is 18.4. The number of nitrogens with one attached hydrogen (secondary N) is 2. The highest BCUT2D eigenvalue weighted by molar-refractivity contribution is 6.35. The molecule has 24 heavy (non-hydrogen) atoms. The molecule has 0 radical (unpaired) electrons. The molecule has 0 aliphatic heterocycles. The van der Waals surface area contributed by atoms with Crippen molar-refractivity contribution in [3.05, 3.63) is 58.1 Å². The van der Waals surface area contributed by atoms with Gasteiger partial charge in [-0.25, -0.2) is 0 Å². The molecule has 4 nitrogen and oxygen atoms in total. The minimum Gasteiger partial charge on any atom is -0.496 e. The molecule has 2 aromatic carbocycles. The van der Waals surface area contributed by atoms with Crippen LogP contribution in [0, 0.1) is 0 Å². The predicted molar refractivity (Wildman–Crippen MR) is 99.3 cm³/mol. The number of amides is 1. The van der Waals surface area contributed by atoms with E-state index in [1.807, 2.05) is 24.3 Å². The van der Waals surface area contributed by atoms with Gasteiger partial charge in [-0.3, -0.25) is 4.79 Å². The van der Waals surface area contributed by atoms with Crippen LogP contribution < -0.4 is 15.4 Å². The number of para-hydroxylation sites is 1. The molecular formula is C18H20Cl2N2O2. The van der Waals surface area contributed by atoms with Crippen molar-refractivity contribution < 1.29 is 9.53 Å². The van der Waals surface area contributed by atoms with Crippen LogP contribution in [-0.4, -0.2) is 26.1 Å². The van der Waals surface area contributed by atoms with Crippen LogP contribution in [0.1, 0.15) is 12.0 Å². The summed E-state index contributed by atoms with van der Waals surface area (Å²) in [6.45, 7) is 1.05. The minimum absolute atomic E-state index is 0.0180. The van der Waals surface area contributed by atoms with E-state index in [9.17, 15) is 4.79 Å². The van der Waals surface area contributed by atoms with Crippen LogP contribution in [0.2, 0.25) is 10.0 Å². The number of anilines is 1. The minimum atomic E-state index is -0.0180. The van der Waals surface area contributed by atoms with Gasteiger partial charge in [0.05, 0.1) is 17.8 Å². The number of halogens is 2. The Hall–Kier alpha value is -1.91. The van der Waals surface area contributed by atoms with E-state index >= 15 is 0 Å². The second-order valence-corrected chi connectivity index (χ2v) is 6.06. The van der Waals surface area contributed by atoms with Crippen LogP contribution in [0.15, 0.2) is 42.5 Å². The molecule has 0 atom stereocenters. The molecule has 0 bridgehead atoms. The van der Waals surface area contributed by atoms with Gasteiger partial charge < -0.3 is 15.4 Å². The number of benzene rings is 2. The van der Waals surface area contributed by atoms with E-state index in [4.69, 9.17) is 27.9 Å². The topological polar surface area (TPSA) is 50.4 Å². The van der Waals surface area contributed by atoms with Crippen LogP contribution in [0.5, 0.6) is 5.75 Å². The summed E-state index contributed by atoms with van der Waals surface area (Å²) >= 11 is 12.0. The number of ether oxygens (including phenoxy) is 1. The van der Waals surface area contributed by atoms with Crippen molar-refractivity contribution in [1.82, 2.24) is 5.32 Å². The summed E-state index contributed by atoms with van der Waals surface area (Å²) in [4.78, 5) is 11.9. The molecule has 0 aliphatic rings. The van der Waals surface area contributed by atoms with Gasteiger partial charge in [0.15, 0.2) is 0 Å². The Balaban J connectivity index is 1.71. The number of rotatable bonds is 8. The fraction of sp³-hybridized carbons (Fsp3) is 0.278. The third kappa shape index (κ3) is 5.62. The molecule has 0 saturated carbocycles. The second-order valence-electron chi connectivity index (χ2n) is 5.21. The SMILES string of the molecule is COc1ccccc1CCNC(=O)CCNc1cc(Cl)ccc1Cl. The van der Waals surface area contributed by atoms with Gasteiger partial charge in [-0.15, -0.1) is 0 Å². The highest BCUT2D eigenvalue weighted by atomic mass is 35.5. The molecule has 0 heterocycles. The monoisotopic (exact) mass is 366 g/mol. The van der Waals surface area contributed by atoms with Crippen LogP contribution >= 0.6 is 23.2 Å². The summed E-state index contributed by atoms with van der Waals surface area (Å²) in [5.74, 6) is 0.819. The highest BCUT2D eigenvalue weighted by Crippen LogP contribution is 2.25. The Kier molecular flexibility index (Phi) is 7.22. The van der Waals surface area contributed by atoms with Crippen LogP contribution in [0.25, 0.3) is 0 Å². The fourth-order valence-corrected chi connectivity index (χ4v) is 2.63. The Morgan fingerprint density at radius 3 is 2.71 bits per heavy atom. The summed E-state index contributed by atoms with van der Waals surface area (Å²) in [7, 11) is 1.64. The van der Waals surface area contributed by atoms with Gasteiger partial charge in [0.25, 0.3) is 0 Å². The molecule has 0 saturated heterocycles. The van der Waals surface area contributed by atoms with Gasteiger partial charge in [-0.2, -0.15) is 0 Å². The Bertz CT molecular complexity index is 692. The number of methoxy groups -OCH3 is 1. The lowest BCUT2D eigenvalue weighted by Gasteiger charge is -2.10. The maximum atomic E-state index is 11.9. The molecule has 0 aliphatic carbocycles. The van der Waals surface area contributed by atoms with Crippen molar-refractivity contribution in [2.24, 2.45) is 0 Å². The number of hydrogen-bond acceptors (Lipinski definition) is 3. The lowest BCUT2D eigenvalue weighted by molar-refractivity contribution is -0.120. The predicted octanol–water partition coefficient (Wildman–Crippen LogP) is 4.16. The molecule has 2 N–H and O–H groups in total. The first-order valence-electron chi connectivity index (χ1n) is 7.67. The van der Waals surface area contributed by atoms with Gasteiger partial charge in [0.2, 0.25) is 5.91 Å². The average molecular weight is 367 g/mol. The molecule has 128 valence electrons. The molecule has 0 aromatic heterocycles. The van der Waals surface area contributed by atoms with E-state index in [2.05, 4.69) is 10.6 Å². The van der Waals surface area contributed by atoms with Gasteiger partial charge in [0.1, 0.15) is 5.75 Å². The van der Waals surface area contributed by atoms with Crippen LogP contribution in [-0.2, 0) is 11.2 Å². The van der Waals surface area contributed by atoms with Gasteiger partial charge in [-0.05, 0) is 36.2 Å². The summed E-state index contributed by atoms with van der Waals surface area (Å²) < 4.78 is 5.29. The average Bonchev–Trinajstić information content (AvgIpc) is 2.58. The molecule has 2 aromatic rings. The van der Waals surface area contributed by atoms with E-state index in [1.54, 1.807) is 25.3 Å². The third-order valence-corrected chi connectivity index (χ3v) is 4.07. The first-order valence-corrected chi connectivity index (χ1v) is 8.43. The molecule has 6 heteroatoms. The van der Waals surface area contributed by atoms with Gasteiger partial charge in [0, 0.05) is 24.5 Å². The Morgan fingerprint density at radius 1 is 1.12 bits per heavy atom.